The van der Waals surface area contributed by atoms with Gasteiger partial charge in [-0.25, -0.2) is 4.90 Å². The van der Waals surface area contributed by atoms with Crippen LogP contribution in [0.5, 0.6) is 0 Å². The molecule has 43 heavy (non-hydrogen) atoms. The second-order valence-corrected chi connectivity index (χ2v) is 11.9. The molecular weight excluding hydrogens is 524 g/mol. The van der Waals surface area contributed by atoms with Gasteiger partial charge in [-0.1, -0.05) is 89.2 Å². The number of quaternary nitrogens is 2. The molecule has 4 nitrogen and oxygen atoms in total. The lowest BCUT2D eigenvalue weighted by atomic mass is 9.80. The number of fused-ring (bicyclic) bond motifs is 1. The molecule has 0 aromatic heterocycles. The van der Waals surface area contributed by atoms with E-state index in [1.54, 1.807) is 0 Å². The molecule has 5 N–H and O–H groups in total. The molecule has 0 bridgehead atoms. The van der Waals surface area contributed by atoms with Crippen LogP contribution in [0.2, 0.25) is 0 Å². The number of hydrogen-bond acceptors (Lipinski definition) is 2. The molecule has 2 aromatic carbocycles. The lowest BCUT2D eigenvalue weighted by Crippen LogP contribution is -3.00. The number of terminal acetylenes is 1. The Morgan fingerprint density at radius 3 is 2.40 bits per heavy atom. The zero-order valence-corrected chi connectivity index (χ0v) is 27.4. The van der Waals surface area contributed by atoms with Crippen molar-refractivity contribution >= 4 is 11.4 Å². The largest absolute Gasteiger partial charge is 0.373 e. The van der Waals surface area contributed by atoms with Crippen molar-refractivity contribution < 1.29 is 10.6 Å². The maximum atomic E-state index is 4.28. The minimum absolute atomic E-state index is 0.0327. The van der Waals surface area contributed by atoms with Crippen LogP contribution in [0.3, 0.4) is 0 Å². The highest BCUT2D eigenvalue weighted by Crippen LogP contribution is 2.38. The van der Waals surface area contributed by atoms with E-state index in [-0.39, 0.29) is 5.41 Å². The number of nitrogens with one attached hydrogen (secondary N) is 2. The fraction of sp³-hybridized carbons (Fsp3) is 0.333. The summed E-state index contributed by atoms with van der Waals surface area (Å²) >= 11 is 0. The lowest BCUT2D eigenvalue weighted by molar-refractivity contribution is -0.741. The van der Waals surface area contributed by atoms with Crippen LogP contribution in [-0.2, 0) is 5.41 Å². The van der Waals surface area contributed by atoms with Gasteiger partial charge in [0.15, 0.2) is 0 Å². The number of anilines is 1. The summed E-state index contributed by atoms with van der Waals surface area (Å²) < 4.78 is 0. The molecule has 3 aliphatic rings. The molecule has 0 spiro atoms. The van der Waals surface area contributed by atoms with Crippen molar-refractivity contribution in [1.82, 2.24) is 4.90 Å². The summed E-state index contributed by atoms with van der Waals surface area (Å²) in [4.78, 5) is 3.51. The molecule has 4 heteroatoms. The summed E-state index contributed by atoms with van der Waals surface area (Å²) in [5.41, 5.74) is 16.2. The van der Waals surface area contributed by atoms with E-state index in [1.165, 1.54) is 56.4 Å². The predicted octanol–water partition coefficient (Wildman–Crippen LogP) is 7.35. The van der Waals surface area contributed by atoms with Gasteiger partial charge in [0.25, 0.3) is 0 Å². The maximum Gasteiger partial charge on any atom is 0.146 e. The Balaban J connectivity index is 0.00000121. The number of benzene rings is 2. The van der Waals surface area contributed by atoms with E-state index < -0.39 is 0 Å². The van der Waals surface area contributed by atoms with Crippen LogP contribution in [0, 0.1) is 12.8 Å². The molecule has 0 amide bonds. The van der Waals surface area contributed by atoms with Gasteiger partial charge < -0.3 is 16.0 Å². The molecule has 2 atom stereocenters. The minimum Gasteiger partial charge on any atom is -0.373 e. The SMILES string of the molecule is C#C.CC.C[C@@H]1/C(=C\C=C2/CCCC(/C=C/CC(C)(C)c3ccccc3[NH3+])=C2[NH+]2C=CC(N(C)C)=C2)Nc2ccccc21. The topological polar surface area (TPSA) is 47.4 Å². The van der Waals surface area contributed by atoms with E-state index in [0.717, 1.165) is 24.9 Å². The first-order valence-electron chi connectivity index (χ1n) is 15.6. The second-order valence-electron chi connectivity index (χ2n) is 11.9. The van der Waals surface area contributed by atoms with E-state index in [9.17, 15) is 0 Å². The normalized spacial score (nSPS) is 21.1. The van der Waals surface area contributed by atoms with E-state index >= 15 is 0 Å². The van der Waals surface area contributed by atoms with Crippen LogP contribution >= 0.6 is 0 Å². The van der Waals surface area contributed by atoms with Crippen molar-refractivity contribution in [1.29, 1.82) is 0 Å². The van der Waals surface area contributed by atoms with Crippen molar-refractivity contribution in [2.45, 2.75) is 71.6 Å². The van der Waals surface area contributed by atoms with Crippen molar-refractivity contribution in [3.63, 3.8) is 0 Å². The molecule has 0 fully saturated rings. The van der Waals surface area contributed by atoms with Gasteiger partial charge in [-0.05, 0) is 54.9 Å². The highest BCUT2D eigenvalue weighted by Gasteiger charge is 2.28. The summed E-state index contributed by atoms with van der Waals surface area (Å²) in [6, 6.07) is 17.2. The highest BCUT2D eigenvalue weighted by atomic mass is 15.2. The molecule has 0 radical (unpaired) electrons. The Kier molecular flexibility index (Phi) is 12.0. The molecule has 2 heterocycles. The number of hydrogen-bond donors (Lipinski definition) is 3. The monoisotopic (exact) mass is 576 g/mol. The quantitative estimate of drug-likeness (QED) is 0.302. The van der Waals surface area contributed by atoms with Crippen LogP contribution in [-0.4, -0.2) is 19.0 Å². The van der Waals surface area contributed by atoms with Gasteiger partial charge in [0.05, 0.1) is 5.70 Å². The average molecular weight is 577 g/mol. The summed E-state index contributed by atoms with van der Waals surface area (Å²) in [7, 11) is 4.23. The third-order valence-electron chi connectivity index (χ3n) is 8.41. The van der Waals surface area contributed by atoms with E-state index in [4.69, 9.17) is 0 Å². The number of likely N-dealkylation sites (N-methyl/N-ethyl adjacent to an activating group) is 1. The minimum atomic E-state index is 0.0327. The van der Waals surface area contributed by atoms with Gasteiger partial charge in [-0.3, -0.25) is 0 Å². The van der Waals surface area contributed by atoms with Crippen LogP contribution < -0.4 is 16.0 Å². The molecule has 2 aromatic rings. The molecule has 2 aliphatic heterocycles. The number of nitrogens with zero attached hydrogens (tertiary/aromatic N) is 1. The Bertz CT molecular complexity index is 1460. The van der Waals surface area contributed by atoms with Gasteiger partial charge in [-0.15, -0.1) is 12.8 Å². The number of allylic oxidation sites excluding steroid dienone is 8. The standard InChI is InChI=1S/C35H42N4.C2H6.C2H2/c1-25-29-15-6-9-18-33(29)37-32(25)20-19-27-13-10-12-26(34(27)39-23-21-28(24-39)38(4)5)14-11-22-35(2,3)30-16-7-8-17-31(30)36;2*1-2/h6-9,11,14-21,23-25,37H,10,12-13,22,36H2,1-5H3;1-2H3;1-2H/p+2/b14-11+,27-19+,32-20+;;/t25-;;/m0../s1. The van der Waals surface area contributed by atoms with Crippen molar-refractivity contribution in [2.24, 2.45) is 0 Å². The van der Waals surface area contributed by atoms with E-state index in [1.807, 2.05) is 13.8 Å². The number of para-hydroxylation sites is 1. The second kappa shape index (κ2) is 15.4. The van der Waals surface area contributed by atoms with Gasteiger partial charge >= 0.3 is 0 Å². The first-order chi connectivity index (χ1) is 20.7. The molecule has 226 valence electrons. The van der Waals surface area contributed by atoms with Crippen LogP contribution in [0.1, 0.15) is 77.3 Å². The Morgan fingerprint density at radius 1 is 1.02 bits per heavy atom. The summed E-state index contributed by atoms with van der Waals surface area (Å²) in [6.45, 7) is 10.9. The first-order valence-corrected chi connectivity index (χ1v) is 15.6. The van der Waals surface area contributed by atoms with Crippen molar-refractivity contribution in [3.8, 4) is 12.8 Å². The van der Waals surface area contributed by atoms with Crippen LogP contribution in [0.15, 0.2) is 120 Å². The molecule has 1 unspecified atom stereocenters. The highest BCUT2D eigenvalue weighted by molar-refractivity contribution is 5.65. The molecule has 1 aliphatic carbocycles. The zero-order valence-electron chi connectivity index (χ0n) is 27.4. The van der Waals surface area contributed by atoms with Crippen molar-refractivity contribution in [3.05, 3.63) is 131 Å². The third kappa shape index (κ3) is 7.87. The van der Waals surface area contributed by atoms with Crippen LogP contribution in [0.25, 0.3) is 0 Å². The summed E-state index contributed by atoms with van der Waals surface area (Å²) in [6.07, 6.45) is 28.7. The fourth-order valence-corrected chi connectivity index (χ4v) is 6.08. The Morgan fingerprint density at radius 2 is 1.72 bits per heavy atom. The first kappa shape index (κ1) is 33.5. The molecule has 0 saturated heterocycles. The van der Waals surface area contributed by atoms with E-state index in [0.29, 0.717) is 5.92 Å². The van der Waals surface area contributed by atoms with Crippen LogP contribution in [0.4, 0.5) is 11.4 Å². The fourth-order valence-electron chi connectivity index (χ4n) is 6.08. The third-order valence-corrected chi connectivity index (χ3v) is 8.41. The predicted molar refractivity (Wildman–Crippen MR) is 184 cm³/mol. The van der Waals surface area contributed by atoms with E-state index in [2.05, 4.69) is 155 Å². The van der Waals surface area contributed by atoms with Gasteiger partial charge in [0.1, 0.15) is 23.8 Å². The van der Waals surface area contributed by atoms with Crippen molar-refractivity contribution in [2.75, 3.05) is 19.4 Å². The average Bonchev–Trinajstić information content (AvgIpc) is 3.63. The Hall–Kier alpha value is -4.04. The molecule has 5 rings (SSSR count). The summed E-state index contributed by atoms with van der Waals surface area (Å²) in [5.74, 6) is 0.380. The smallest absolute Gasteiger partial charge is 0.146 e. The van der Waals surface area contributed by atoms with Gasteiger partial charge in [0, 0.05) is 54.2 Å². The Labute approximate surface area is 261 Å². The lowest BCUT2D eigenvalue weighted by Gasteiger charge is -2.25. The number of rotatable bonds is 7. The van der Waals surface area contributed by atoms with Gasteiger partial charge in [0.2, 0.25) is 0 Å². The molecule has 0 saturated carbocycles. The van der Waals surface area contributed by atoms with Gasteiger partial charge in [-0.2, -0.15) is 0 Å². The maximum absolute atomic E-state index is 4.28. The molecular formula is C39H52N4+2. The zero-order chi connectivity index (χ0) is 31.6. The summed E-state index contributed by atoms with van der Waals surface area (Å²) in [5, 5.41) is 3.65.